The lowest BCUT2D eigenvalue weighted by Gasteiger charge is -2.07. The monoisotopic (exact) mass is 265 g/mol. The second kappa shape index (κ2) is 7.52. The summed E-state index contributed by atoms with van der Waals surface area (Å²) in [5.41, 5.74) is 0. The average molecular weight is 266 g/mol. The molecule has 0 bridgehead atoms. The van der Waals surface area contributed by atoms with E-state index >= 15 is 0 Å². The zero-order valence-corrected chi connectivity index (χ0v) is 9.28. The van der Waals surface area contributed by atoms with Gasteiger partial charge in [0.15, 0.2) is 6.10 Å². The molecule has 0 saturated heterocycles. The van der Waals surface area contributed by atoms with Gasteiger partial charge >= 0.3 is 5.97 Å². The number of carbonyl (C=O) groups excluding carboxylic acids is 1. The van der Waals surface area contributed by atoms with Crippen LogP contribution in [-0.4, -0.2) is 36.2 Å². The number of amides is 1. The highest BCUT2D eigenvalue weighted by Gasteiger charge is 2.09. The van der Waals surface area contributed by atoms with Crippen molar-refractivity contribution in [2.24, 2.45) is 0 Å². The van der Waals surface area contributed by atoms with Crippen LogP contribution < -0.4 is 5.32 Å². The summed E-state index contributed by atoms with van der Waals surface area (Å²) in [7, 11) is 0. The number of halogens is 1. The van der Waals surface area contributed by atoms with Crippen LogP contribution in [0.15, 0.2) is 11.1 Å². The molecule has 2 N–H and O–H groups in total. The van der Waals surface area contributed by atoms with Gasteiger partial charge in [-0.05, 0) is 11.9 Å². The predicted molar refractivity (Wildman–Crippen MR) is 54.1 cm³/mol. The van der Waals surface area contributed by atoms with Crippen molar-refractivity contribution >= 4 is 27.8 Å². The Morgan fingerprint density at radius 2 is 2.29 bits per heavy atom. The molecule has 0 saturated carbocycles. The van der Waals surface area contributed by atoms with Gasteiger partial charge < -0.3 is 15.2 Å². The number of carboxylic acids is 1. The van der Waals surface area contributed by atoms with Gasteiger partial charge in [0.25, 0.3) is 0 Å². The first-order valence-corrected chi connectivity index (χ1v) is 4.88. The number of aliphatic carboxylic acids is 1. The van der Waals surface area contributed by atoms with E-state index in [9.17, 15) is 9.59 Å². The van der Waals surface area contributed by atoms with E-state index in [1.165, 1.54) is 18.0 Å². The van der Waals surface area contributed by atoms with E-state index in [0.717, 1.165) is 0 Å². The van der Waals surface area contributed by atoms with Gasteiger partial charge in [0.05, 0.1) is 6.61 Å². The fourth-order valence-electron chi connectivity index (χ4n) is 0.597. The van der Waals surface area contributed by atoms with Crippen molar-refractivity contribution in [1.82, 2.24) is 5.32 Å². The Kier molecular flexibility index (Phi) is 7.04. The third-order valence-electron chi connectivity index (χ3n) is 1.33. The number of hydrogen-bond acceptors (Lipinski definition) is 3. The molecule has 0 aliphatic carbocycles. The Morgan fingerprint density at radius 1 is 1.64 bits per heavy atom. The van der Waals surface area contributed by atoms with Crippen LogP contribution in [0.2, 0.25) is 0 Å². The van der Waals surface area contributed by atoms with E-state index in [0.29, 0.717) is 0 Å². The van der Waals surface area contributed by atoms with Crippen LogP contribution in [0.5, 0.6) is 0 Å². The summed E-state index contributed by atoms with van der Waals surface area (Å²) in [6.45, 7) is 1.89. The van der Waals surface area contributed by atoms with Gasteiger partial charge in [-0.15, -0.1) is 0 Å². The minimum Gasteiger partial charge on any atom is -0.479 e. The molecule has 0 heterocycles. The Labute approximate surface area is 90.3 Å². The van der Waals surface area contributed by atoms with Crippen LogP contribution in [0.1, 0.15) is 6.92 Å². The smallest absolute Gasteiger partial charge is 0.332 e. The van der Waals surface area contributed by atoms with Crippen molar-refractivity contribution < 1.29 is 19.4 Å². The molecule has 0 rings (SSSR count). The number of rotatable bonds is 6. The first-order valence-electron chi connectivity index (χ1n) is 3.97. The van der Waals surface area contributed by atoms with E-state index in [1.54, 1.807) is 0 Å². The Bertz CT molecular complexity index is 229. The van der Waals surface area contributed by atoms with Crippen molar-refractivity contribution in [3.63, 3.8) is 0 Å². The number of carboxylic acid groups (broad SMARTS) is 1. The number of carbonyl (C=O) groups is 2. The van der Waals surface area contributed by atoms with Crippen molar-refractivity contribution in [2.75, 3.05) is 13.2 Å². The molecule has 0 radical (unpaired) electrons. The maximum Gasteiger partial charge on any atom is 0.332 e. The zero-order chi connectivity index (χ0) is 11.0. The van der Waals surface area contributed by atoms with Gasteiger partial charge in [-0.3, -0.25) is 4.79 Å². The predicted octanol–water partition coefficient (Wildman–Crippen LogP) is 0.501. The van der Waals surface area contributed by atoms with E-state index in [2.05, 4.69) is 21.2 Å². The molecule has 0 aromatic rings. The van der Waals surface area contributed by atoms with Crippen molar-refractivity contribution in [3.05, 3.63) is 11.1 Å². The zero-order valence-electron chi connectivity index (χ0n) is 7.70. The summed E-state index contributed by atoms with van der Waals surface area (Å²) in [6.07, 6.45) is 0.458. The SMILES string of the molecule is CC(OCCNC(=O)/C=C/Br)C(=O)O. The molecule has 0 aliphatic heterocycles. The van der Waals surface area contributed by atoms with Gasteiger partial charge in [-0.25, -0.2) is 4.79 Å². The van der Waals surface area contributed by atoms with Crippen LogP contribution in [0.25, 0.3) is 0 Å². The van der Waals surface area contributed by atoms with E-state index in [4.69, 9.17) is 9.84 Å². The molecule has 0 aromatic carbocycles. The maximum absolute atomic E-state index is 10.8. The second-order valence-electron chi connectivity index (χ2n) is 2.43. The minimum absolute atomic E-state index is 0.176. The van der Waals surface area contributed by atoms with Crippen LogP contribution in [-0.2, 0) is 14.3 Å². The fourth-order valence-corrected chi connectivity index (χ4v) is 0.837. The summed E-state index contributed by atoms with van der Waals surface area (Å²) in [6, 6.07) is 0. The molecule has 0 aromatic heterocycles. The molecule has 1 atom stereocenters. The van der Waals surface area contributed by atoms with Crippen LogP contribution in [0.3, 0.4) is 0 Å². The lowest BCUT2D eigenvalue weighted by molar-refractivity contribution is -0.148. The molecule has 5 nitrogen and oxygen atoms in total. The van der Waals surface area contributed by atoms with Gasteiger partial charge in [0, 0.05) is 12.6 Å². The highest BCUT2D eigenvalue weighted by Crippen LogP contribution is 1.89. The standard InChI is InChI=1S/C8H12BrNO4/c1-6(8(12)13)14-5-4-10-7(11)2-3-9/h2-3,6H,4-5H2,1H3,(H,10,11)(H,12,13)/b3-2+. The maximum atomic E-state index is 10.8. The van der Waals surface area contributed by atoms with Gasteiger partial charge in [0.2, 0.25) is 5.91 Å². The van der Waals surface area contributed by atoms with Gasteiger partial charge in [-0.1, -0.05) is 15.9 Å². The Morgan fingerprint density at radius 3 is 2.79 bits per heavy atom. The molecule has 0 spiro atoms. The molecule has 1 amide bonds. The second-order valence-corrected chi connectivity index (χ2v) is 2.96. The minimum atomic E-state index is -1.02. The Hall–Kier alpha value is -0.880. The van der Waals surface area contributed by atoms with Crippen molar-refractivity contribution in [1.29, 1.82) is 0 Å². The molecule has 14 heavy (non-hydrogen) atoms. The summed E-state index contributed by atoms with van der Waals surface area (Å²) in [5, 5.41) is 10.9. The molecule has 0 fully saturated rings. The van der Waals surface area contributed by atoms with Crippen molar-refractivity contribution in [3.8, 4) is 0 Å². The van der Waals surface area contributed by atoms with Crippen LogP contribution >= 0.6 is 15.9 Å². The van der Waals surface area contributed by atoms with Gasteiger partial charge in [-0.2, -0.15) is 0 Å². The summed E-state index contributed by atoms with van der Waals surface area (Å²) < 4.78 is 4.88. The Balaban J connectivity index is 3.47. The highest BCUT2D eigenvalue weighted by atomic mass is 79.9. The van der Waals surface area contributed by atoms with Gasteiger partial charge in [0.1, 0.15) is 0 Å². The first-order chi connectivity index (χ1) is 6.57. The summed E-state index contributed by atoms with van der Waals surface area (Å²) in [5.74, 6) is -1.27. The number of ether oxygens (including phenoxy) is 1. The normalized spacial score (nSPS) is 12.7. The number of hydrogen-bond donors (Lipinski definition) is 2. The molecule has 0 aliphatic rings. The summed E-state index contributed by atoms with van der Waals surface area (Å²) in [4.78, 5) is 22.6. The molecular formula is C8H12BrNO4. The molecule has 6 heteroatoms. The number of nitrogens with one attached hydrogen (secondary N) is 1. The highest BCUT2D eigenvalue weighted by molar-refractivity contribution is 9.11. The molecule has 80 valence electrons. The van der Waals surface area contributed by atoms with E-state index in [-0.39, 0.29) is 19.1 Å². The largest absolute Gasteiger partial charge is 0.479 e. The molecule has 1 unspecified atom stereocenters. The van der Waals surface area contributed by atoms with E-state index in [1.807, 2.05) is 0 Å². The average Bonchev–Trinajstić information content (AvgIpc) is 2.12. The third kappa shape index (κ3) is 6.62. The van der Waals surface area contributed by atoms with Crippen LogP contribution in [0.4, 0.5) is 0 Å². The lowest BCUT2D eigenvalue weighted by atomic mass is 10.4. The van der Waals surface area contributed by atoms with Crippen LogP contribution in [0, 0.1) is 0 Å². The first kappa shape index (κ1) is 13.1. The summed E-state index contributed by atoms with van der Waals surface area (Å²) >= 11 is 2.95. The third-order valence-corrected chi connectivity index (χ3v) is 1.60. The van der Waals surface area contributed by atoms with Crippen molar-refractivity contribution in [2.45, 2.75) is 13.0 Å². The fraction of sp³-hybridized carbons (Fsp3) is 0.500. The lowest BCUT2D eigenvalue weighted by Crippen LogP contribution is -2.28. The van der Waals surface area contributed by atoms with E-state index < -0.39 is 12.1 Å². The molecular weight excluding hydrogens is 254 g/mol. The topological polar surface area (TPSA) is 75.6 Å². The quantitative estimate of drug-likeness (QED) is 0.542.